The van der Waals surface area contributed by atoms with Gasteiger partial charge < -0.3 is 10.3 Å². The van der Waals surface area contributed by atoms with Crippen LogP contribution in [0.4, 0.5) is 0 Å². The van der Waals surface area contributed by atoms with Crippen molar-refractivity contribution in [3.05, 3.63) is 36.2 Å². The highest BCUT2D eigenvalue weighted by Gasteiger charge is 2.02. The van der Waals surface area contributed by atoms with E-state index in [1.165, 1.54) is 0 Å². The van der Waals surface area contributed by atoms with Crippen LogP contribution in [-0.2, 0) is 13.6 Å². The fourth-order valence-electron chi connectivity index (χ4n) is 1.33. The number of aryl methyl sites for hydroxylation is 1. The Morgan fingerprint density at radius 2 is 2.00 bits per heavy atom. The molecule has 4 heteroatoms. The predicted octanol–water partition coefficient (Wildman–Crippen LogP) is 0.941. The fourth-order valence-corrected chi connectivity index (χ4v) is 1.33. The number of benzene rings is 1. The Morgan fingerprint density at radius 1 is 1.29 bits per heavy atom. The molecule has 14 heavy (non-hydrogen) atoms. The smallest absolute Gasteiger partial charge is 0.163 e. The van der Waals surface area contributed by atoms with Crippen molar-refractivity contribution in [3.63, 3.8) is 0 Å². The Kier molecular flexibility index (Phi) is 2.28. The summed E-state index contributed by atoms with van der Waals surface area (Å²) in [5.41, 5.74) is 7.69. The molecule has 0 radical (unpaired) electrons. The van der Waals surface area contributed by atoms with Crippen LogP contribution >= 0.6 is 0 Å². The maximum atomic E-state index is 5.52. The van der Waals surface area contributed by atoms with Crippen molar-refractivity contribution in [2.24, 2.45) is 12.8 Å². The summed E-state index contributed by atoms with van der Waals surface area (Å²) < 4.78 is 1.89. The van der Waals surface area contributed by atoms with E-state index in [1.54, 1.807) is 6.33 Å². The molecule has 72 valence electrons. The molecule has 0 amide bonds. The molecular weight excluding hydrogens is 176 g/mol. The standard InChI is InChI=1S/C10H12N4/c1-14-7-12-13-10(14)9-4-2-8(6-11)3-5-9/h2-5,7H,6,11H2,1H3. The normalized spacial score (nSPS) is 10.4. The minimum absolute atomic E-state index is 0.569. The lowest BCUT2D eigenvalue weighted by Crippen LogP contribution is -1.96. The molecule has 4 nitrogen and oxygen atoms in total. The molecule has 2 N–H and O–H groups in total. The molecule has 0 spiro atoms. The number of hydrogen-bond donors (Lipinski definition) is 1. The average Bonchev–Trinajstić information content (AvgIpc) is 2.65. The first-order valence-electron chi connectivity index (χ1n) is 4.44. The highest BCUT2D eigenvalue weighted by Crippen LogP contribution is 2.15. The van der Waals surface area contributed by atoms with Gasteiger partial charge in [-0.25, -0.2) is 0 Å². The SMILES string of the molecule is Cn1cnnc1-c1ccc(CN)cc1. The quantitative estimate of drug-likeness (QED) is 0.763. The molecule has 0 aliphatic heterocycles. The van der Waals surface area contributed by atoms with Crippen LogP contribution in [0, 0.1) is 0 Å². The monoisotopic (exact) mass is 188 g/mol. The Balaban J connectivity index is 2.39. The van der Waals surface area contributed by atoms with Gasteiger partial charge in [0.25, 0.3) is 0 Å². The number of nitrogens with zero attached hydrogens (tertiary/aromatic N) is 3. The average molecular weight is 188 g/mol. The van der Waals surface area contributed by atoms with Crippen LogP contribution in [0.15, 0.2) is 30.6 Å². The minimum atomic E-state index is 0.569. The molecule has 0 aliphatic rings. The summed E-state index contributed by atoms with van der Waals surface area (Å²) in [5, 5.41) is 7.85. The summed E-state index contributed by atoms with van der Waals surface area (Å²) >= 11 is 0. The molecule has 0 fully saturated rings. The van der Waals surface area contributed by atoms with E-state index in [-0.39, 0.29) is 0 Å². The van der Waals surface area contributed by atoms with E-state index in [0.717, 1.165) is 17.0 Å². The summed E-state index contributed by atoms with van der Waals surface area (Å²) in [5.74, 6) is 0.869. The summed E-state index contributed by atoms with van der Waals surface area (Å²) in [6.07, 6.45) is 1.69. The second kappa shape index (κ2) is 3.59. The van der Waals surface area contributed by atoms with Crippen molar-refractivity contribution in [1.82, 2.24) is 14.8 Å². The van der Waals surface area contributed by atoms with Crippen LogP contribution in [0.2, 0.25) is 0 Å². The van der Waals surface area contributed by atoms with Crippen LogP contribution in [0.5, 0.6) is 0 Å². The molecule has 1 heterocycles. The minimum Gasteiger partial charge on any atom is -0.326 e. The molecule has 0 aliphatic carbocycles. The molecule has 1 aromatic carbocycles. The van der Waals surface area contributed by atoms with E-state index in [4.69, 9.17) is 5.73 Å². The second-order valence-electron chi connectivity index (χ2n) is 3.17. The maximum absolute atomic E-state index is 5.52. The van der Waals surface area contributed by atoms with Crippen molar-refractivity contribution in [3.8, 4) is 11.4 Å². The molecular formula is C10H12N4. The van der Waals surface area contributed by atoms with Gasteiger partial charge in [-0.05, 0) is 5.56 Å². The summed E-state index contributed by atoms with van der Waals surface area (Å²) in [7, 11) is 1.92. The molecule has 0 saturated heterocycles. The van der Waals surface area contributed by atoms with Gasteiger partial charge in [0, 0.05) is 19.2 Å². The number of aromatic nitrogens is 3. The third-order valence-corrected chi connectivity index (χ3v) is 2.16. The predicted molar refractivity (Wildman–Crippen MR) is 54.3 cm³/mol. The number of nitrogens with two attached hydrogens (primary N) is 1. The first kappa shape index (κ1) is 8.90. The largest absolute Gasteiger partial charge is 0.326 e. The zero-order valence-corrected chi connectivity index (χ0v) is 8.01. The lowest BCUT2D eigenvalue weighted by molar-refractivity contribution is 0.919. The van der Waals surface area contributed by atoms with Gasteiger partial charge in [0.1, 0.15) is 6.33 Å². The highest BCUT2D eigenvalue weighted by atomic mass is 15.2. The molecule has 2 rings (SSSR count). The lowest BCUT2D eigenvalue weighted by atomic mass is 10.1. The van der Waals surface area contributed by atoms with Crippen LogP contribution < -0.4 is 5.73 Å². The Hall–Kier alpha value is -1.68. The Bertz CT molecular complexity index is 416. The van der Waals surface area contributed by atoms with Crippen LogP contribution in [0.25, 0.3) is 11.4 Å². The van der Waals surface area contributed by atoms with Gasteiger partial charge in [0.2, 0.25) is 0 Å². The molecule has 0 bridgehead atoms. The van der Waals surface area contributed by atoms with Crippen molar-refractivity contribution >= 4 is 0 Å². The molecule has 2 aromatic rings. The highest BCUT2D eigenvalue weighted by molar-refractivity contribution is 5.55. The van der Waals surface area contributed by atoms with Gasteiger partial charge in [-0.1, -0.05) is 24.3 Å². The van der Waals surface area contributed by atoms with Crippen molar-refractivity contribution < 1.29 is 0 Å². The van der Waals surface area contributed by atoms with Crippen LogP contribution in [0.1, 0.15) is 5.56 Å². The summed E-state index contributed by atoms with van der Waals surface area (Å²) in [6.45, 7) is 0.569. The summed E-state index contributed by atoms with van der Waals surface area (Å²) in [6, 6.07) is 8.02. The molecule has 0 saturated carbocycles. The first-order valence-corrected chi connectivity index (χ1v) is 4.44. The molecule has 1 aromatic heterocycles. The Labute approximate surface area is 82.4 Å². The van der Waals surface area contributed by atoms with E-state index in [0.29, 0.717) is 6.54 Å². The third-order valence-electron chi connectivity index (χ3n) is 2.16. The summed E-state index contributed by atoms with van der Waals surface area (Å²) in [4.78, 5) is 0. The van der Waals surface area contributed by atoms with E-state index in [2.05, 4.69) is 10.2 Å². The van der Waals surface area contributed by atoms with Gasteiger partial charge >= 0.3 is 0 Å². The van der Waals surface area contributed by atoms with E-state index < -0.39 is 0 Å². The van der Waals surface area contributed by atoms with Gasteiger partial charge in [0.05, 0.1) is 0 Å². The second-order valence-corrected chi connectivity index (χ2v) is 3.17. The fraction of sp³-hybridized carbons (Fsp3) is 0.200. The van der Waals surface area contributed by atoms with E-state index >= 15 is 0 Å². The van der Waals surface area contributed by atoms with Crippen molar-refractivity contribution in [2.75, 3.05) is 0 Å². The number of rotatable bonds is 2. The number of hydrogen-bond acceptors (Lipinski definition) is 3. The molecule has 0 atom stereocenters. The van der Waals surface area contributed by atoms with E-state index in [9.17, 15) is 0 Å². The zero-order valence-electron chi connectivity index (χ0n) is 8.01. The van der Waals surface area contributed by atoms with E-state index in [1.807, 2.05) is 35.9 Å². The van der Waals surface area contributed by atoms with Crippen LogP contribution in [-0.4, -0.2) is 14.8 Å². The molecule has 0 unspecified atom stereocenters. The van der Waals surface area contributed by atoms with Gasteiger partial charge in [-0.3, -0.25) is 0 Å². The van der Waals surface area contributed by atoms with Crippen molar-refractivity contribution in [2.45, 2.75) is 6.54 Å². The maximum Gasteiger partial charge on any atom is 0.163 e. The van der Waals surface area contributed by atoms with Gasteiger partial charge in [-0.15, -0.1) is 10.2 Å². The van der Waals surface area contributed by atoms with Gasteiger partial charge in [0.15, 0.2) is 5.82 Å². The Morgan fingerprint density at radius 3 is 2.50 bits per heavy atom. The topological polar surface area (TPSA) is 56.7 Å². The lowest BCUT2D eigenvalue weighted by Gasteiger charge is -2.01. The third kappa shape index (κ3) is 1.52. The zero-order chi connectivity index (χ0) is 9.97. The van der Waals surface area contributed by atoms with Gasteiger partial charge in [-0.2, -0.15) is 0 Å². The van der Waals surface area contributed by atoms with Crippen molar-refractivity contribution in [1.29, 1.82) is 0 Å². The van der Waals surface area contributed by atoms with Crippen LogP contribution in [0.3, 0.4) is 0 Å². The first-order chi connectivity index (χ1) is 6.81.